The lowest BCUT2D eigenvalue weighted by atomic mass is 10.1. The highest BCUT2D eigenvalue weighted by molar-refractivity contribution is 6.21. The van der Waals surface area contributed by atoms with Crippen LogP contribution in [-0.4, -0.2) is 22.8 Å². The number of nitrogens with zero attached hydrogens (tertiary/aromatic N) is 2. The highest BCUT2D eigenvalue weighted by Gasteiger charge is 2.38. The molecule has 0 aromatic heterocycles. The van der Waals surface area contributed by atoms with Crippen molar-refractivity contribution in [1.82, 2.24) is 5.06 Å². The molecule has 1 heterocycles. The molecule has 0 atom stereocenters. The molecule has 1 aliphatic heterocycles. The smallest absolute Gasteiger partial charge is 0.364 e. The van der Waals surface area contributed by atoms with Gasteiger partial charge in [0.15, 0.2) is 0 Å². The third-order valence-electron chi connectivity index (χ3n) is 4.22. The number of hydrogen-bond donors (Lipinski definition) is 0. The first-order chi connectivity index (χ1) is 14.1. The molecule has 0 saturated carbocycles. The van der Waals surface area contributed by atoms with Crippen LogP contribution in [0.4, 0.5) is 0 Å². The van der Waals surface area contributed by atoms with Crippen LogP contribution in [0.15, 0.2) is 72.8 Å². The Morgan fingerprint density at radius 2 is 1.48 bits per heavy atom. The molecule has 0 saturated heterocycles. The molecule has 0 bridgehead atoms. The minimum atomic E-state index is -0.871. The Labute approximate surface area is 165 Å². The van der Waals surface area contributed by atoms with Crippen molar-refractivity contribution in [2.45, 2.75) is 0 Å². The Kier molecular flexibility index (Phi) is 4.51. The normalized spacial score (nSPS) is 12.3. The van der Waals surface area contributed by atoms with Gasteiger partial charge in [-0.3, -0.25) is 9.59 Å². The maximum Gasteiger partial charge on any atom is 0.364 e. The SMILES string of the molecule is N#Cc1ccc(Oc2cccc(C(=O)ON3C(=O)c4ccccc4C3=O)c2)cc1. The molecule has 0 fully saturated rings. The van der Waals surface area contributed by atoms with E-state index in [1.165, 1.54) is 24.3 Å². The zero-order chi connectivity index (χ0) is 20.4. The van der Waals surface area contributed by atoms with E-state index < -0.39 is 17.8 Å². The van der Waals surface area contributed by atoms with Crippen LogP contribution in [0.2, 0.25) is 0 Å². The molecule has 140 valence electrons. The summed E-state index contributed by atoms with van der Waals surface area (Å²) in [5, 5.41) is 9.29. The molecule has 3 aromatic rings. The first-order valence-electron chi connectivity index (χ1n) is 8.55. The van der Waals surface area contributed by atoms with Crippen molar-refractivity contribution >= 4 is 17.8 Å². The number of carbonyl (C=O) groups is 3. The standard InChI is InChI=1S/C22H12N2O5/c23-13-14-8-10-16(11-9-14)28-17-5-3-4-15(12-17)22(27)29-24-20(25)18-6-1-2-7-19(18)21(24)26/h1-12H. The summed E-state index contributed by atoms with van der Waals surface area (Å²) < 4.78 is 5.67. The molecule has 29 heavy (non-hydrogen) atoms. The lowest BCUT2D eigenvalue weighted by molar-refractivity contribution is -0.0584. The maximum atomic E-state index is 12.5. The highest BCUT2D eigenvalue weighted by Crippen LogP contribution is 2.25. The summed E-state index contributed by atoms with van der Waals surface area (Å²) in [6.07, 6.45) is 0. The number of carbonyl (C=O) groups excluding carboxylic acids is 3. The maximum absolute atomic E-state index is 12.5. The summed E-state index contributed by atoms with van der Waals surface area (Å²) in [6.45, 7) is 0. The third-order valence-corrected chi connectivity index (χ3v) is 4.22. The fraction of sp³-hybridized carbons (Fsp3) is 0. The van der Waals surface area contributed by atoms with Crippen molar-refractivity contribution in [3.63, 3.8) is 0 Å². The Morgan fingerprint density at radius 1 is 0.828 bits per heavy atom. The average Bonchev–Trinajstić information content (AvgIpc) is 2.99. The molecule has 7 heteroatoms. The van der Waals surface area contributed by atoms with Gasteiger partial charge in [0.2, 0.25) is 0 Å². The fourth-order valence-electron chi connectivity index (χ4n) is 2.81. The van der Waals surface area contributed by atoms with Crippen molar-refractivity contribution in [3.8, 4) is 17.6 Å². The number of fused-ring (bicyclic) bond motifs is 1. The lowest BCUT2D eigenvalue weighted by Gasteiger charge is -2.13. The molecule has 0 radical (unpaired) electrons. The largest absolute Gasteiger partial charge is 0.457 e. The molecule has 4 rings (SSSR count). The first-order valence-corrected chi connectivity index (χ1v) is 8.55. The zero-order valence-corrected chi connectivity index (χ0v) is 14.9. The molecule has 1 aliphatic rings. The Morgan fingerprint density at radius 3 is 2.10 bits per heavy atom. The van der Waals surface area contributed by atoms with Gasteiger partial charge in [-0.05, 0) is 54.6 Å². The summed E-state index contributed by atoms with van der Waals surface area (Å²) in [5.41, 5.74) is 0.967. The van der Waals surface area contributed by atoms with Crippen molar-refractivity contribution in [2.24, 2.45) is 0 Å². The molecule has 0 N–H and O–H groups in total. The zero-order valence-electron chi connectivity index (χ0n) is 14.9. The number of hydroxylamine groups is 2. The molecular formula is C22H12N2O5. The van der Waals surface area contributed by atoms with E-state index in [-0.39, 0.29) is 16.7 Å². The van der Waals surface area contributed by atoms with Crippen LogP contribution in [0, 0.1) is 11.3 Å². The van der Waals surface area contributed by atoms with Gasteiger partial charge in [-0.1, -0.05) is 23.3 Å². The minimum absolute atomic E-state index is 0.104. The second-order valence-electron chi connectivity index (χ2n) is 6.10. The third kappa shape index (κ3) is 3.42. The van der Waals surface area contributed by atoms with E-state index >= 15 is 0 Å². The fourth-order valence-corrected chi connectivity index (χ4v) is 2.81. The van der Waals surface area contributed by atoms with Crippen molar-refractivity contribution < 1.29 is 24.0 Å². The molecule has 3 aromatic carbocycles. The van der Waals surface area contributed by atoms with Gasteiger partial charge in [-0.2, -0.15) is 5.26 Å². The molecule has 7 nitrogen and oxygen atoms in total. The predicted octanol–water partition coefficient (Wildman–Crippen LogP) is 3.72. The van der Waals surface area contributed by atoms with E-state index in [4.69, 9.17) is 14.8 Å². The van der Waals surface area contributed by atoms with E-state index in [0.717, 1.165) is 0 Å². The van der Waals surface area contributed by atoms with Gasteiger partial charge in [0.25, 0.3) is 11.8 Å². The number of amides is 2. The van der Waals surface area contributed by atoms with Crippen LogP contribution >= 0.6 is 0 Å². The van der Waals surface area contributed by atoms with E-state index in [9.17, 15) is 14.4 Å². The second kappa shape index (κ2) is 7.29. The number of nitriles is 1. The van der Waals surface area contributed by atoms with Gasteiger partial charge >= 0.3 is 5.97 Å². The van der Waals surface area contributed by atoms with Crippen LogP contribution in [0.3, 0.4) is 0 Å². The molecule has 0 spiro atoms. The summed E-state index contributed by atoms with van der Waals surface area (Å²) in [6, 6.07) is 20.8. The van der Waals surface area contributed by atoms with Crippen molar-refractivity contribution in [1.29, 1.82) is 5.26 Å². The highest BCUT2D eigenvalue weighted by atomic mass is 16.7. The second-order valence-corrected chi connectivity index (χ2v) is 6.10. The number of rotatable bonds is 4. The van der Waals surface area contributed by atoms with Crippen LogP contribution in [0.5, 0.6) is 11.5 Å². The Bertz CT molecular complexity index is 1140. The Hall–Kier alpha value is -4.44. The first kappa shape index (κ1) is 17.9. The van der Waals surface area contributed by atoms with Gasteiger partial charge in [-0.25, -0.2) is 4.79 Å². The molecule has 0 unspecified atom stereocenters. The monoisotopic (exact) mass is 384 g/mol. The van der Waals surface area contributed by atoms with Crippen LogP contribution < -0.4 is 4.74 Å². The topological polar surface area (TPSA) is 96.7 Å². The van der Waals surface area contributed by atoms with Crippen LogP contribution in [0.1, 0.15) is 36.6 Å². The molecule has 0 aliphatic carbocycles. The molecule has 2 amide bonds. The predicted molar refractivity (Wildman–Crippen MR) is 100 cm³/mol. The summed E-state index contributed by atoms with van der Waals surface area (Å²) in [5.74, 6) is -1.42. The molecular weight excluding hydrogens is 372 g/mol. The summed E-state index contributed by atoms with van der Waals surface area (Å²) >= 11 is 0. The van der Waals surface area contributed by atoms with Crippen molar-refractivity contribution in [2.75, 3.05) is 0 Å². The van der Waals surface area contributed by atoms with Crippen molar-refractivity contribution in [3.05, 3.63) is 95.1 Å². The van der Waals surface area contributed by atoms with Gasteiger partial charge < -0.3 is 9.57 Å². The summed E-state index contributed by atoms with van der Waals surface area (Å²) in [7, 11) is 0. The Balaban J connectivity index is 1.50. The number of hydrogen-bond acceptors (Lipinski definition) is 6. The van der Waals surface area contributed by atoms with Gasteiger partial charge in [0.05, 0.1) is 28.3 Å². The quantitative estimate of drug-likeness (QED) is 0.636. The number of ether oxygens (including phenoxy) is 1. The van der Waals surface area contributed by atoms with Crippen LogP contribution in [0.25, 0.3) is 0 Å². The van der Waals surface area contributed by atoms with E-state index in [0.29, 0.717) is 22.1 Å². The number of benzene rings is 3. The van der Waals surface area contributed by atoms with Gasteiger partial charge in [0.1, 0.15) is 11.5 Å². The lowest BCUT2D eigenvalue weighted by Crippen LogP contribution is -2.32. The summed E-state index contributed by atoms with van der Waals surface area (Å²) in [4.78, 5) is 42.1. The van der Waals surface area contributed by atoms with Crippen LogP contribution in [-0.2, 0) is 4.84 Å². The minimum Gasteiger partial charge on any atom is -0.457 e. The van der Waals surface area contributed by atoms with E-state index in [1.54, 1.807) is 48.5 Å². The average molecular weight is 384 g/mol. The van der Waals surface area contributed by atoms with E-state index in [1.807, 2.05) is 6.07 Å². The van der Waals surface area contributed by atoms with Gasteiger partial charge in [0, 0.05) is 0 Å². The van der Waals surface area contributed by atoms with E-state index in [2.05, 4.69) is 0 Å². The number of imide groups is 1. The van der Waals surface area contributed by atoms with Gasteiger partial charge in [-0.15, -0.1) is 0 Å².